The second-order valence-corrected chi connectivity index (χ2v) is 19.8. The van der Waals surface area contributed by atoms with Gasteiger partial charge in [-0.05, 0) is 52.2 Å². The lowest BCUT2D eigenvalue weighted by Gasteiger charge is -2.34. The Balaban J connectivity index is 1.26. The summed E-state index contributed by atoms with van der Waals surface area (Å²) in [6, 6.07) is 56.9. The number of rotatable bonds is 6. The van der Waals surface area contributed by atoms with Crippen LogP contribution >= 0.6 is 22.4 Å². The molecule has 8 aromatic rings. The Morgan fingerprint density at radius 3 is 1.39 bits per heavy atom. The lowest BCUT2D eigenvalue weighted by Crippen LogP contribution is -2.36. The maximum absolute atomic E-state index is 16.1. The largest absolute Gasteiger partial charge is 0.296 e. The molecular weight excluding hydrogens is 615 g/mol. The minimum atomic E-state index is -3.15. The number of nitrogens with zero attached hydrogens (tertiary/aromatic N) is 1. The first kappa shape index (κ1) is 28.3. The van der Waals surface area contributed by atoms with Crippen molar-refractivity contribution in [3.8, 4) is 0 Å². The van der Waals surface area contributed by atoms with Gasteiger partial charge in [-0.2, -0.15) is 0 Å². The van der Waals surface area contributed by atoms with E-state index < -0.39 is 22.4 Å². The highest BCUT2D eigenvalue weighted by Crippen LogP contribution is 2.64. The molecule has 0 aliphatic carbocycles. The van der Waals surface area contributed by atoms with Gasteiger partial charge in [0.2, 0.25) is 7.29 Å². The number of hydrogen-bond donors (Lipinski definition) is 0. The minimum Gasteiger partial charge on any atom is -0.296 e. The molecule has 1 fully saturated rings. The summed E-state index contributed by atoms with van der Waals surface area (Å²) in [5.41, 5.74) is 0.411. The normalized spacial score (nSPS) is 17.5. The van der Waals surface area contributed by atoms with Crippen LogP contribution in [0.5, 0.6) is 0 Å². The summed E-state index contributed by atoms with van der Waals surface area (Å²) in [5, 5.41) is 13.3. The van der Waals surface area contributed by atoms with Crippen LogP contribution in [0.4, 0.5) is 0 Å². The molecule has 46 heavy (non-hydrogen) atoms. The molecule has 9 rings (SSSR count). The highest BCUT2D eigenvalue weighted by molar-refractivity contribution is 7.76. The highest BCUT2D eigenvalue weighted by Gasteiger charge is 2.46. The van der Waals surface area contributed by atoms with Gasteiger partial charge in [-0.25, -0.2) is 4.67 Å². The van der Waals surface area contributed by atoms with Crippen molar-refractivity contribution < 1.29 is 4.57 Å². The van der Waals surface area contributed by atoms with Crippen LogP contribution in [0.3, 0.4) is 0 Å². The number of benzene rings is 6. The van der Waals surface area contributed by atoms with Crippen molar-refractivity contribution in [1.82, 2.24) is 4.67 Å². The molecule has 0 N–H and O–H groups in total. The van der Waals surface area contributed by atoms with E-state index in [-0.39, 0.29) is 6.04 Å². The van der Waals surface area contributed by atoms with Crippen molar-refractivity contribution in [2.24, 2.45) is 0 Å². The van der Waals surface area contributed by atoms with Gasteiger partial charge in [0.05, 0.1) is 0 Å². The first-order valence-electron chi connectivity index (χ1n) is 16.1. The number of hydrogen-bond acceptors (Lipinski definition) is 1. The van der Waals surface area contributed by atoms with Crippen LogP contribution in [0.25, 0.3) is 42.0 Å². The Bertz CT molecular complexity index is 2260. The van der Waals surface area contributed by atoms with Gasteiger partial charge in [-0.3, -0.25) is 4.57 Å². The summed E-state index contributed by atoms with van der Waals surface area (Å²) in [6.07, 6.45) is 2.05. The van der Waals surface area contributed by atoms with Gasteiger partial charge < -0.3 is 0 Å². The molecule has 0 spiro atoms. The van der Waals surface area contributed by atoms with Gasteiger partial charge in [-0.15, -0.1) is 15.1 Å². The van der Waals surface area contributed by atoms with E-state index in [9.17, 15) is 0 Å². The van der Waals surface area contributed by atoms with Gasteiger partial charge in [0.15, 0.2) is 0 Å². The SMILES string of the molecule is O=P(c1ccccc1)(c1ccccc1)N1C[C@@H](p2c3ccccc3c3ccccc32)C[C@H]1Cp1c2ccccc2c2ccccc21. The zero-order valence-electron chi connectivity index (χ0n) is 25.5. The summed E-state index contributed by atoms with van der Waals surface area (Å²) in [6.45, 7) is 0.826. The summed E-state index contributed by atoms with van der Waals surface area (Å²) < 4.78 is 18.6. The van der Waals surface area contributed by atoms with E-state index in [1.54, 1.807) is 0 Å². The summed E-state index contributed by atoms with van der Waals surface area (Å²) >= 11 is 0. The Hall–Kier alpha value is -3.89. The molecule has 2 aromatic heterocycles. The van der Waals surface area contributed by atoms with Crippen LogP contribution in [0.2, 0.25) is 0 Å². The van der Waals surface area contributed by atoms with E-state index in [4.69, 9.17) is 0 Å². The lowest BCUT2D eigenvalue weighted by atomic mass is 10.2. The second-order valence-electron chi connectivity index (χ2n) is 12.5. The van der Waals surface area contributed by atoms with Crippen LogP contribution in [0, 0.1) is 0 Å². The Morgan fingerprint density at radius 2 is 0.913 bits per heavy atom. The lowest BCUT2D eigenvalue weighted by molar-refractivity contribution is 0.409. The summed E-state index contributed by atoms with van der Waals surface area (Å²) in [5.74, 6) is 0. The average Bonchev–Trinajstić information content (AvgIpc) is 3.79. The molecular formula is C41H34NOP3. The van der Waals surface area contributed by atoms with Crippen molar-refractivity contribution in [3.05, 3.63) is 158 Å². The van der Waals surface area contributed by atoms with Crippen molar-refractivity contribution in [3.63, 3.8) is 0 Å². The van der Waals surface area contributed by atoms with Gasteiger partial charge in [0.1, 0.15) is 0 Å². The molecule has 0 bridgehead atoms. The summed E-state index contributed by atoms with van der Waals surface area (Å²) in [7, 11) is -4.33. The predicted octanol–water partition coefficient (Wildman–Crippen LogP) is 11.5. The molecule has 3 heterocycles. The van der Waals surface area contributed by atoms with E-state index in [0.717, 1.165) is 29.7 Å². The quantitative estimate of drug-likeness (QED) is 0.167. The van der Waals surface area contributed by atoms with Crippen molar-refractivity contribution >= 4 is 75.0 Å². The molecule has 2 atom stereocenters. The fourth-order valence-corrected chi connectivity index (χ4v) is 17.6. The monoisotopic (exact) mass is 649 g/mol. The van der Waals surface area contributed by atoms with Gasteiger partial charge >= 0.3 is 0 Å². The molecule has 1 aliphatic rings. The summed E-state index contributed by atoms with van der Waals surface area (Å²) in [4.78, 5) is 0. The van der Waals surface area contributed by atoms with E-state index >= 15 is 4.57 Å². The third kappa shape index (κ3) is 4.40. The Kier molecular flexibility index (Phi) is 7.03. The van der Waals surface area contributed by atoms with E-state index in [0.29, 0.717) is 5.66 Å². The standard InChI is InChI=1S/C41H34NOP3/c43-46(32-15-3-1-4-16-32,33-17-5-2-6-18-33)42-28-31(45-40-25-13-9-21-36(40)37-22-10-14-26-41(37)45)27-30(42)29-44-38-23-11-7-19-34(38)35-20-8-12-24-39(35)44/h1-26,30-31H,27-29H2/t30-,31-/m0/s1. The third-order valence-corrected chi connectivity index (χ3v) is 18.9. The molecule has 5 heteroatoms. The van der Waals surface area contributed by atoms with Gasteiger partial charge in [-0.1, -0.05) is 133 Å². The van der Waals surface area contributed by atoms with Crippen LogP contribution in [-0.2, 0) is 10.7 Å². The molecule has 6 aromatic carbocycles. The maximum Gasteiger partial charge on any atom is 0.207 e. The highest BCUT2D eigenvalue weighted by atomic mass is 31.2. The molecule has 0 unspecified atom stereocenters. The van der Waals surface area contributed by atoms with E-state index in [2.05, 4.69) is 150 Å². The Labute approximate surface area is 271 Å². The fourth-order valence-electron chi connectivity index (χ4n) is 8.04. The van der Waals surface area contributed by atoms with Crippen molar-refractivity contribution in [2.75, 3.05) is 6.54 Å². The molecule has 0 saturated carbocycles. The minimum absolute atomic E-state index is 0.184. The van der Waals surface area contributed by atoms with E-state index in [1.165, 1.54) is 42.0 Å². The topological polar surface area (TPSA) is 20.3 Å². The number of fused-ring (bicyclic) bond motifs is 6. The van der Waals surface area contributed by atoms with E-state index in [1.807, 2.05) is 12.1 Å². The zero-order chi connectivity index (χ0) is 30.7. The van der Waals surface area contributed by atoms with Crippen LogP contribution < -0.4 is 10.6 Å². The zero-order valence-corrected chi connectivity index (χ0v) is 28.2. The molecule has 1 saturated heterocycles. The Morgan fingerprint density at radius 1 is 0.522 bits per heavy atom. The predicted molar refractivity (Wildman–Crippen MR) is 202 cm³/mol. The fraction of sp³-hybridized carbons (Fsp3) is 0.122. The third-order valence-electron chi connectivity index (χ3n) is 9.99. The second kappa shape index (κ2) is 11.4. The van der Waals surface area contributed by atoms with Gasteiger partial charge in [0.25, 0.3) is 0 Å². The molecule has 1 aliphatic heterocycles. The molecule has 224 valence electrons. The van der Waals surface area contributed by atoms with Crippen LogP contribution in [-0.4, -0.2) is 17.3 Å². The maximum atomic E-state index is 16.1. The molecule has 0 radical (unpaired) electrons. The van der Waals surface area contributed by atoms with Crippen LogP contribution in [0.1, 0.15) is 12.1 Å². The average molecular weight is 650 g/mol. The molecule has 0 amide bonds. The van der Waals surface area contributed by atoms with Gasteiger partial charge in [0, 0.05) is 55.5 Å². The molecule has 2 nitrogen and oxygen atoms in total. The van der Waals surface area contributed by atoms with Crippen molar-refractivity contribution in [1.29, 1.82) is 0 Å². The van der Waals surface area contributed by atoms with Crippen LogP contribution in [0.15, 0.2) is 158 Å². The first-order chi connectivity index (χ1) is 22.7. The van der Waals surface area contributed by atoms with Crippen molar-refractivity contribution in [2.45, 2.75) is 24.3 Å². The first-order valence-corrected chi connectivity index (χ1v) is 20.7. The smallest absolute Gasteiger partial charge is 0.207 e.